The van der Waals surface area contributed by atoms with E-state index in [0.717, 1.165) is 11.3 Å². The number of hydrogen-bond donors (Lipinski definition) is 1. The van der Waals surface area contributed by atoms with Crippen molar-refractivity contribution in [2.24, 2.45) is 0 Å². The predicted octanol–water partition coefficient (Wildman–Crippen LogP) is 4.37. The first kappa shape index (κ1) is 15.4. The normalized spacial score (nSPS) is 11.9. The number of ether oxygens (including phenoxy) is 1. The molecule has 2 rings (SSSR count). The highest BCUT2D eigenvalue weighted by atomic mass is 35.5. The van der Waals surface area contributed by atoms with Crippen LogP contribution >= 0.6 is 11.6 Å². The first-order chi connectivity index (χ1) is 10.2. The van der Waals surface area contributed by atoms with E-state index in [9.17, 15) is 9.90 Å². The van der Waals surface area contributed by atoms with Gasteiger partial charge in [-0.05, 0) is 42.7 Å². The first-order valence-electron chi connectivity index (χ1n) is 6.83. The lowest BCUT2D eigenvalue weighted by Crippen LogP contribution is -2.13. The van der Waals surface area contributed by atoms with Gasteiger partial charge in [0.1, 0.15) is 5.75 Å². The third kappa shape index (κ3) is 4.80. The Morgan fingerprint density at radius 3 is 2.38 bits per heavy atom. The molecular formula is C17H17ClO3. The van der Waals surface area contributed by atoms with E-state index in [-0.39, 0.29) is 0 Å². The molecule has 0 saturated carbocycles. The molecule has 0 heterocycles. The highest BCUT2D eigenvalue weighted by Crippen LogP contribution is 2.23. The van der Waals surface area contributed by atoms with Crippen molar-refractivity contribution >= 4 is 17.6 Å². The van der Waals surface area contributed by atoms with Gasteiger partial charge in [-0.25, -0.2) is 0 Å². The average molecular weight is 305 g/mol. The van der Waals surface area contributed by atoms with Gasteiger partial charge in [0.25, 0.3) is 0 Å². The Labute approximate surface area is 129 Å². The van der Waals surface area contributed by atoms with Gasteiger partial charge in [-0.1, -0.05) is 41.9 Å². The van der Waals surface area contributed by atoms with E-state index in [2.05, 4.69) is 0 Å². The first-order valence-corrected chi connectivity index (χ1v) is 7.21. The SMILES string of the molecule is O=C(O)C(CCCOc1ccccc1)c1ccc(Cl)cc1. The van der Waals surface area contributed by atoms with Crippen molar-refractivity contribution in [3.8, 4) is 5.75 Å². The smallest absolute Gasteiger partial charge is 0.310 e. The predicted molar refractivity (Wildman–Crippen MR) is 83.0 cm³/mol. The number of carbonyl (C=O) groups is 1. The van der Waals surface area contributed by atoms with Crippen molar-refractivity contribution in [2.75, 3.05) is 6.61 Å². The lowest BCUT2D eigenvalue weighted by Gasteiger charge is -2.13. The van der Waals surface area contributed by atoms with E-state index < -0.39 is 11.9 Å². The monoisotopic (exact) mass is 304 g/mol. The summed E-state index contributed by atoms with van der Waals surface area (Å²) in [5.41, 5.74) is 0.770. The van der Waals surface area contributed by atoms with Gasteiger partial charge in [0.15, 0.2) is 0 Å². The highest BCUT2D eigenvalue weighted by Gasteiger charge is 2.19. The number of rotatable bonds is 7. The fourth-order valence-electron chi connectivity index (χ4n) is 2.12. The Bertz CT molecular complexity index is 566. The van der Waals surface area contributed by atoms with E-state index >= 15 is 0 Å². The molecule has 2 aromatic rings. The molecule has 1 unspecified atom stereocenters. The van der Waals surface area contributed by atoms with Gasteiger partial charge in [0.05, 0.1) is 12.5 Å². The second kappa shape index (κ2) is 7.70. The maximum absolute atomic E-state index is 11.4. The lowest BCUT2D eigenvalue weighted by atomic mass is 9.94. The standard InChI is InChI=1S/C17H17ClO3/c18-14-10-8-13(9-11-14)16(17(19)20)7-4-12-21-15-5-2-1-3-6-15/h1-3,5-6,8-11,16H,4,7,12H2,(H,19,20). The van der Waals surface area contributed by atoms with Gasteiger partial charge < -0.3 is 9.84 Å². The molecule has 0 aliphatic heterocycles. The molecule has 3 nitrogen and oxygen atoms in total. The van der Waals surface area contributed by atoms with Crippen LogP contribution in [-0.2, 0) is 4.79 Å². The summed E-state index contributed by atoms with van der Waals surface area (Å²) in [6, 6.07) is 16.5. The molecule has 0 spiro atoms. The van der Waals surface area contributed by atoms with Crippen molar-refractivity contribution in [3.05, 3.63) is 65.2 Å². The van der Waals surface area contributed by atoms with Crippen molar-refractivity contribution in [2.45, 2.75) is 18.8 Å². The van der Waals surface area contributed by atoms with Crippen molar-refractivity contribution in [1.82, 2.24) is 0 Å². The Hall–Kier alpha value is -2.00. The maximum Gasteiger partial charge on any atom is 0.310 e. The maximum atomic E-state index is 11.4. The van der Waals surface area contributed by atoms with Crippen LogP contribution in [0.15, 0.2) is 54.6 Å². The van der Waals surface area contributed by atoms with Crippen LogP contribution in [-0.4, -0.2) is 17.7 Å². The summed E-state index contributed by atoms with van der Waals surface area (Å²) < 4.78 is 5.58. The van der Waals surface area contributed by atoms with Crippen molar-refractivity contribution in [1.29, 1.82) is 0 Å². The van der Waals surface area contributed by atoms with E-state index in [0.29, 0.717) is 24.5 Å². The number of para-hydroxylation sites is 1. The third-order valence-electron chi connectivity index (χ3n) is 3.22. The molecule has 0 aromatic heterocycles. The van der Waals surface area contributed by atoms with Gasteiger partial charge in [-0.15, -0.1) is 0 Å². The topological polar surface area (TPSA) is 46.5 Å². The number of carboxylic acids is 1. The summed E-state index contributed by atoms with van der Waals surface area (Å²) in [5.74, 6) is -0.547. The molecule has 0 saturated heterocycles. The summed E-state index contributed by atoms with van der Waals surface area (Å²) in [6.45, 7) is 0.501. The van der Waals surface area contributed by atoms with Gasteiger partial charge in [0, 0.05) is 5.02 Å². The Balaban J connectivity index is 1.86. The Morgan fingerprint density at radius 1 is 1.10 bits per heavy atom. The highest BCUT2D eigenvalue weighted by molar-refractivity contribution is 6.30. The van der Waals surface area contributed by atoms with Gasteiger partial charge in [-0.3, -0.25) is 4.79 Å². The van der Waals surface area contributed by atoms with E-state index in [4.69, 9.17) is 16.3 Å². The number of hydrogen-bond acceptors (Lipinski definition) is 2. The molecular weight excluding hydrogens is 288 g/mol. The van der Waals surface area contributed by atoms with Crippen LogP contribution in [0.3, 0.4) is 0 Å². The van der Waals surface area contributed by atoms with Crippen LogP contribution in [0.4, 0.5) is 0 Å². The average Bonchev–Trinajstić information content (AvgIpc) is 2.49. The van der Waals surface area contributed by atoms with Crippen LogP contribution in [0.5, 0.6) is 5.75 Å². The minimum absolute atomic E-state index is 0.501. The number of halogens is 1. The zero-order chi connectivity index (χ0) is 15.1. The Morgan fingerprint density at radius 2 is 1.76 bits per heavy atom. The second-order valence-electron chi connectivity index (χ2n) is 4.75. The molecule has 1 atom stereocenters. The van der Waals surface area contributed by atoms with Crippen LogP contribution in [0.2, 0.25) is 5.02 Å². The van der Waals surface area contributed by atoms with Crippen molar-refractivity contribution < 1.29 is 14.6 Å². The summed E-state index contributed by atoms with van der Waals surface area (Å²) in [5, 5.41) is 9.95. The van der Waals surface area contributed by atoms with Crippen LogP contribution in [0.25, 0.3) is 0 Å². The van der Waals surface area contributed by atoms with Gasteiger partial charge in [-0.2, -0.15) is 0 Å². The number of carboxylic acid groups (broad SMARTS) is 1. The van der Waals surface area contributed by atoms with E-state index in [1.807, 2.05) is 30.3 Å². The lowest BCUT2D eigenvalue weighted by molar-refractivity contribution is -0.139. The van der Waals surface area contributed by atoms with E-state index in [1.165, 1.54) is 0 Å². The molecule has 21 heavy (non-hydrogen) atoms. The molecule has 110 valence electrons. The molecule has 0 fully saturated rings. The number of benzene rings is 2. The van der Waals surface area contributed by atoms with Gasteiger partial charge in [0.2, 0.25) is 0 Å². The number of aliphatic carboxylic acids is 1. The van der Waals surface area contributed by atoms with Crippen LogP contribution in [0, 0.1) is 0 Å². The molecule has 0 aliphatic carbocycles. The summed E-state index contributed by atoms with van der Waals surface area (Å²) in [6.07, 6.45) is 1.21. The van der Waals surface area contributed by atoms with Crippen molar-refractivity contribution in [3.63, 3.8) is 0 Å². The molecule has 0 amide bonds. The Kier molecular flexibility index (Phi) is 5.64. The fourth-order valence-corrected chi connectivity index (χ4v) is 2.25. The molecule has 2 aromatic carbocycles. The molecule has 1 N–H and O–H groups in total. The summed E-state index contributed by atoms with van der Waals surface area (Å²) in [4.78, 5) is 11.4. The van der Waals surface area contributed by atoms with E-state index in [1.54, 1.807) is 24.3 Å². The molecule has 0 bridgehead atoms. The molecule has 0 aliphatic rings. The zero-order valence-electron chi connectivity index (χ0n) is 11.5. The second-order valence-corrected chi connectivity index (χ2v) is 5.18. The minimum atomic E-state index is -0.822. The largest absolute Gasteiger partial charge is 0.494 e. The summed E-state index contributed by atoms with van der Waals surface area (Å²) in [7, 11) is 0. The minimum Gasteiger partial charge on any atom is -0.494 e. The van der Waals surface area contributed by atoms with Gasteiger partial charge >= 0.3 is 5.97 Å². The zero-order valence-corrected chi connectivity index (χ0v) is 12.3. The summed E-state index contributed by atoms with van der Waals surface area (Å²) >= 11 is 5.82. The molecule has 4 heteroatoms. The quantitative estimate of drug-likeness (QED) is 0.773. The van der Waals surface area contributed by atoms with Crippen LogP contribution < -0.4 is 4.74 Å². The molecule has 0 radical (unpaired) electrons. The van der Waals surface area contributed by atoms with Crippen LogP contribution in [0.1, 0.15) is 24.3 Å². The fraction of sp³-hybridized carbons (Fsp3) is 0.235. The third-order valence-corrected chi connectivity index (χ3v) is 3.47.